The van der Waals surface area contributed by atoms with Crippen LogP contribution in [0.1, 0.15) is 54.4 Å². The Morgan fingerprint density at radius 1 is 1.15 bits per heavy atom. The van der Waals surface area contributed by atoms with Gasteiger partial charge in [-0.25, -0.2) is 0 Å². The predicted molar refractivity (Wildman–Crippen MR) is 56.6 cm³/mol. The van der Waals surface area contributed by atoms with E-state index in [1.54, 1.807) is 0 Å². The molecule has 0 rings (SSSR count). The Kier molecular flexibility index (Phi) is 3.95. The van der Waals surface area contributed by atoms with Crippen LogP contribution < -0.4 is 5.32 Å². The molecule has 0 fully saturated rings. The third-order valence-electron chi connectivity index (χ3n) is 1.98. The highest BCUT2D eigenvalue weighted by atomic mass is 16.2. The van der Waals surface area contributed by atoms with Gasteiger partial charge in [0.2, 0.25) is 5.91 Å². The monoisotopic (exact) mass is 185 g/mol. The van der Waals surface area contributed by atoms with Crippen LogP contribution in [0.5, 0.6) is 0 Å². The summed E-state index contributed by atoms with van der Waals surface area (Å²) < 4.78 is 0. The number of rotatable bonds is 3. The van der Waals surface area contributed by atoms with Gasteiger partial charge in [0.15, 0.2) is 0 Å². The molecule has 0 bridgehead atoms. The first-order chi connectivity index (χ1) is 5.69. The highest BCUT2D eigenvalue weighted by Gasteiger charge is 2.28. The van der Waals surface area contributed by atoms with E-state index in [0.29, 0.717) is 0 Å². The Labute approximate surface area is 82.1 Å². The van der Waals surface area contributed by atoms with Crippen molar-refractivity contribution in [3.63, 3.8) is 0 Å². The second-order valence-corrected chi connectivity index (χ2v) is 5.34. The van der Waals surface area contributed by atoms with E-state index in [9.17, 15) is 4.79 Å². The predicted octanol–water partition coefficient (Wildman–Crippen LogP) is 2.73. The lowest BCUT2D eigenvalue weighted by atomic mass is 9.86. The van der Waals surface area contributed by atoms with Crippen molar-refractivity contribution in [3.05, 3.63) is 0 Å². The van der Waals surface area contributed by atoms with Crippen molar-refractivity contribution in [1.82, 2.24) is 5.32 Å². The van der Waals surface area contributed by atoms with Crippen molar-refractivity contribution in [2.45, 2.75) is 59.9 Å². The first-order valence-electron chi connectivity index (χ1n) is 5.01. The maximum atomic E-state index is 11.8. The van der Waals surface area contributed by atoms with E-state index in [1.807, 2.05) is 34.6 Å². The fourth-order valence-electron chi connectivity index (χ4n) is 1.25. The summed E-state index contributed by atoms with van der Waals surface area (Å²) in [6.45, 7) is 12.1. The van der Waals surface area contributed by atoms with E-state index in [0.717, 1.165) is 12.8 Å². The molecule has 0 radical (unpaired) electrons. The molecule has 2 heteroatoms. The summed E-state index contributed by atoms with van der Waals surface area (Å²) in [4.78, 5) is 11.8. The summed E-state index contributed by atoms with van der Waals surface area (Å²) in [5, 5.41) is 3.01. The summed E-state index contributed by atoms with van der Waals surface area (Å²) in [5.74, 6) is 0.154. The molecule has 2 nitrogen and oxygen atoms in total. The van der Waals surface area contributed by atoms with Gasteiger partial charge in [0.05, 0.1) is 0 Å². The lowest BCUT2D eigenvalue weighted by molar-refractivity contribution is -0.131. The van der Waals surface area contributed by atoms with Gasteiger partial charge in [-0.1, -0.05) is 27.2 Å². The Hall–Kier alpha value is -0.530. The van der Waals surface area contributed by atoms with Crippen molar-refractivity contribution >= 4 is 5.91 Å². The number of amides is 1. The van der Waals surface area contributed by atoms with Crippen LogP contribution in [0, 0.1) is 5.41 Å². The first-order valence-corrected chi connectivity index (χ1v) is 5.01. The number of hydrogen-bond acceptors (Lipinski definition) is 1. The molecule has 1 amide bonds. The van der Waals surface area contributed by atoms with Gasteiger partial charge in [-0.2, -0.15) is 0 Å². The van der Waals surface area contributed by atoms with Crippen LogP contribution in [0.4, 0.5) is 0 Å². The molecule has 0 heterocycles. The van der Waals surface area contributed by atoms with Crippen LogP contribution in [-0.4, -0.2) is 11.4 Å². The maximum absolute atomic E-state index is 11.8. The zero-order valence-electron chi connectivity index (χ0n) is 9.82. The van der Waals surface area contributed by atoms with Crippen LogP contribution in [0.25, 0.3) is 0 Å². The summed E-state index contributed by atoms with van der Waals surface area (Å²) in [5.41, 5.74) is -0.357. The molecule has 0 aliphatic carbocycles. The second kappa shape index (κ2) is 4.12. The highest BCUT2D eigenvalue weighted by molar-refractivity contribution is 5.82. The Morgan fingerprint density at radius 2 is 1.62 bits per heavy atom. The fourth-order valence-corrected chi connectivity index (χ4v) is 1.25. The van der Waals surface area contributed by atoms with Crippen molar-refractivity contribution in [2.75, 3.05) is 0 Å². The Bertz CT molecular complexity index is 177. The quantitative estimate of drug-likeness (QED) is 0.719. The lowest BCUT2D eigenvalue weighted by Gasteiger charge is -2.29. The van der Waals surface area contributed by atoms with Gasteiger partial charge in [0.25, 0.3) is 0 Å². The van der Waals surface area contributed by atoms with E-state index < -0.39 is 0 Å². The smallest absolute Gasteiger partial charge is 0.226 e. The maximum Gasteiger partial charge on any atom is 0.226 e. The summed E-state index contributed by atoms with van der Waals surface area (Å²) >= 11 is 0. The van der Waals surface area contributed by atoms with Crippen molar-refractivity contribution in [3.8, 4) is 0 Å². The largest absolute Gasteiger partial charge is 0.351 e. The third-order valence-corrected chi connectivity index (χ3v) is 1.98. The van der Waals surface area contributed by atoms with Crippen molar-refractivity contribution in [1.29, 1.82) is 0 Å². The van der Waals surface area contributed by atoms with E-state index in [1.165, 1.54) is 0 Å². The van der Waals surface area contributed by atoms with Gasteiger partial charge in [0, 0.05) is 11.0 Å². The minimum Gasteiger partial charge on any atom is -0.351 e. The van der Waals surface area contributed by atoms with Gasteiger partial charge in [0.1, 0.15) is 0 Å². The molecule has 0 aromatic carbocycles. The average molecular weight is 185 g/mol. The van der Waals surface area contributed by atoms with Crippen LogP contribution >= 0.6 is 0 Å². The lowest BCUT2D eigenvalue weighted by Crippen LogP contribution is -2.47. The van der Waals surface area contributed by atoms with Crippen molar-refractivity contribution in [2.24, 2.45) is 5.41 Å². The summed E-state index contributed by atoms with van der Waals surface area (Å²) in [6.07, 6.45) is 1.99. The second-order valence-electron chi connectivity index (χ2n) is 5.34. The molecule has 13 heavy (non-hydrogen) atoms. The number of hydrogen-bond donors (Lipinski definition) is 1. The Balaban J connectivity index is 4.25. The molecule has 1 N–H and O–H groups in total. The molecule has 78 valence electrons. The number of nitrogens with one attached hydrogen (secondary N) is 1. The van der Waals surface area contributed by atoms with Crippen LogP contribution in [-0.2, 0) is 4.79 Å². The van der Waals surface area contributed by atoms with E-state index >= 15 is 0 Å². The normalized spacial score (nSPS) is 12.8. The zero-order valence-corrected chi connectivity index (χ0v) is 9.82. The van der Waals surface area contributed by atoms with Crippen molar-refractivity contribution < 1.29 is 4.79 Å². The van der Waals surface area contributed by atoms with E-state index in [2.05, 4.69) is 12.2 Å². The number of carbonyl (C=O) groups is 1. The molecule has 0 spiro atoms. The third kappa shape index (κ3) is 4.91. The fraction of sp³-hybridized carbons (Fsp3) is 0.909. The van der Waals surface area contributed by atoms with Crippen LogP contribution in [0.2, 0.25) is 0 Å². The highest BCUT2D eigenvalue weighted by Crippen LogP contribution is 2.23. The van der Waals surface area contributed by atoms with Gasteiger partial charge >= 0.3 is 0 Å². The van der Waals surface area contributed by atoms with Crippen LogP contribution in [0.3, 0.4) is 0 Å². The zero-order chi connectivity index (χ0) is 10.7. The molecule has 0 aromatic heterocycles. The van der Waals surface area contributed by atoms with Crippen LogP contribution in [0.15, 0.2) is 0 Å². The first kappa shape index (κ1) is 12.5. The standard InChI is InChI=1S/C11H23NO/c1-7-8-11(5,6)9(13)12-10(2,3)4/h7-8H2,1-6H3,(H,12,13). The molecule has 0 aromatic rings. The molecular formula is C11H23NO. The van der Waals surface area contributed by atoms with E-state index in [4.69, 9.17) is 0 Å². The molecule has 0 atom stereocenters. The molecular weight excluding hydrogens is 162 g/mol. The van der Waals surface area contributed by atoms with Gasteiger partial charge in [-0.15, -0.1) is 0 Å². The molecule has 0 aliphatic heterocycles. The summed E-state index contributed by atoms with van der Waals surface area (Å²) in [7, 11) is 0. The molecule has 0 saturated heterocycles. The Morgan fingerprint density at radius 3 is 1.92 bits per heavy atom. The molecule has 0 unspecified atom stereocenters. The minimum atomic E-state index is -0.234. The molecule has 0 saturated carbocycles. The molecule has 0 aliphatic rings. The topological polar surface area (TPSA) is 29.1 Å². The van der Waals surface area contributed by atoms with Gasteiger partial charge in [-0.3, -0.25) is 4.79 Å². The summed E-state index contributed by atoms with van der Waals surface area (Å²) in [6, 6.07) is 0. The number of carbonyl (C=O) groups excluding carboxylic acids is 1. The van der Waals surface area contributed by atoms with Gasteiger partial charge in [-0.05, 0) is 27.2 Å². The van der Waals surface area contributed by atoms with E-state index in [-0.39, 0.29) is 16.9 Å². The average Bonchev–Trinajstić information content (AvgIpc) is 1.82. The van der Waals surface area contributed by atoms with Gasteiger partial charge < -0.3 is 5.32 Å². The minimum absolute atomic E-state index is 0.123. The SMILES string of the molecule is CCCC(C)(C)C(=O)NC(C)(C)C.